The molecule has 1 nitrogen and oxygen atoms in total. The van der Waals surface area contributed by atoms with E-state index in [4.69, 9.17) is 4.99 Å². The monoisotopic (exact) mass is 367 g/mol. The average molecular weight is 368 g/mol. The summed E-state index contributed by atoms with van der Waals surface area (Å²) in [5, 5.41) is 0.995. The first kappa shape index (κ1) is 15.1. The van der Waals surface area contributed by atoms with Crippen molar-refractivity contribution in [2.45, 2.75) is 4.90 Å². The van der Waals surface area contributed by atoms with Crippen LogP contribution in [0.4, 0.5) is 5.69 Å². The van der Waals surface area contributed by atoms with Crippen LogP contribution in [0.15, 0.2) is 99.3 Å². The topological polar surface area (TPSA) is 12.4 Å². The Balaban J connectivity index is 1.97. The van der Waals surface area contributed by atoms with Crippen LogP contribution in [0.5, 0.6) is 0 Å². The molecule has 3 aromatic carbocycles. The first-order valence-electron chi connectivity index (χ1n) is 6.94. The normalized spacial score (nSPS) is 11.4. The summed E-state index contributed by atoms with van der Waals surface area (Å²) in [5.41, 5.74) is 2.07. The molecule has 0 radical (unpaired) electrons. The molecule has 3 heteroatoms. The van der Waals surface area contributed by atoms with E-state index in [-0.39, 0.29) is 0 Å². The zero-order chi connectivity index (χ0) is 15.2. The fourth-order valence-corrected chi connectivity index (χ4v) is 3.15. The maximum atomic E-state index is 4.82. The van der Waals surface area contributed by atoms with Gasteiger partial charge in [0.25, 0.3) is 0 Å². The molecule has 3 rings (SSSR count). The summed E-state index contributed by atoms with van der Waals surface area (Å²) >= 11 is 5.14. The zero-order valence-corrected chi connectivity index (χ0v) is 14.2. The second-order valence-electron chi connectivity index (χ2n) is 4.67. The third kappa shape index (κ3) is 4.09. The van der Waals surface area contributed by atoms with Crippen molar-refractivity contribution in [3.63, 3.8) is 0 Å². The third-order valence-electron chi connectivity index (χ3n) is 3.04. The number of halogens is 1. The Morgan fingerprint density at radius 3 is 1.95 bits per heavy atom. The smallest absolute Gasteiger partial charge is 0.109 e. The molecule has 0 aliphatic rings. The molecule has 0 aliphatic carbocycles. The molecule has 0 spiro atoms. The predicted octanol–water partition coefficient (Wildman–Crippen LogP) is 6.32. The van der Waals surface area contributed by atoms with E-state index in [1.807, 2.05) is 60.7 Å². The van der Waals surface area contributed by atoms with E-state index in [1.54, 1.807) is 11.8 Å². The number of nitrogens with zero attached hydrogens (tertiary/aromatic N) is 1. The molecule has 0 unspecified atom stereocenters. The van der Waals surface area contributed by atoms with Crippen molar-refractivity contribution in [1.29, 1.82) is 0 Å². The van der Waals surface area contributed by atoms with Crippen LogP contribution in [0.2, 0.25) is 0 Å². The van der Waals surface area contributed by atoms with Crippen molar-refractivity contribution < 1.29 is 0 Å². The van der Waals surface area contributed by atoms with Gasteiger partial charge in [-0.15, -0.1) is 0 Å². The number of benzene rings is 3. The van der Waals surface area contributed by atoms with E-state index in [0.29, 0.717) is 0 Å². The Morgan fingerprint density at radius 1 is 0.727 bits per heavy atom. The Morgan fingerprint density at radius 2 is 1.32 bits per heavy atom. The highest BCUT2D eigenvalue weighted by Crippen LogP contribution is 2.27. The molecule has 0 aliphatic heterocycles. The molecule has 0 atom stereocenters. The largest absolute Gasteiger partial charge is 0.241 e. The first-order chi connectivity index (χ1) is 10.8. The molecule has 3 aromatic rings. The van der Waals surface area contributed by atoms with Gasteiger partial charge in [-0.3, -0.25) is 0 Å². The van der Waals surface area contributed by atoms with Crippen LogP contribution in [0, 0.1) is 0 Å². The molecule has 0 aromatic heterocycles. The minimum Gasteiger partial charge on any atom is -0.241 e. The van der Waals surface area contributed by atoms with E-state index >= 15 is 0 Å². The van der Waals surface area contributed by atoms with E-state index < -0.39 is 0 Å². The lowest BCUT2D eigenvalue weighted by Gasteiger charge is -2.07. The van der Waals surface area contributed by atoms with E-state index in [9.17, 15) is 0 Å². The van der Waals surface area contributed by atoms with Crippen LogP contribution in [0.25, 0.3) is 0 Å². The molecule has 0 bridgehead atoms. The van der Waals surface area contributed by atoms with Crippen molar-refractivity contribution in [3.8, 4) is 0 Å². The molecule has 0 saturated heterocycles. The maximum Gasteiger partial charge on any atom is 0.109 e. The fraction of sp³-hybridized carbons (Fsp3) is 0. The van der Waals surface area contributed by atoms with Crippen LogP contribution in [-0.4, -0.2) is 5.04 Å². The van der Waals surface area contributed by atoms with Gasteiger partial charge in [-0.2, -0.15) is 0 Å². The lowest BCUT2D eigenvalue weighted by Crippen LogP contribution is -1.94. The molecular formula is C19H14BrNS. The van der Waals surface area contributed by atoms with Crippen LogP contribution in [-0.2, 0) is 0 Å². The van der Waals surface area contributed by atoms with Gasteiger partial charge in [-0.1, -0.05) is 76.2 Å². The average Bonchev–Trinajstić information content (AvgIpc) is 2.58. The quantitative estimate of drug-likeness (QED) is 0.299. The fourth-order valence-electron chi connectivity index (χ4n) is 1.96. The van der Waals surface area contributed by atoms with Crippen molar-refractivity contribution in [2.75, 3.05) is 0 Å². The summed E-state index contributed by atoms with van der Waals surface area (Å²) in [5.74, 6) is 0. The highest BCUT2D eigenvalue weighted by molar-refractivity contribution is 9.10. The summed E-state index contributed by atoms with van der Waals surface area (Å²) in [6.45, 7) is 0. The highest BCUT2D eigenvalue weighted by atomic mass is 79.9. The lowest BCUT2D eigenvalue weighted by atomic mass is 10.2. The van der Waals surface area contributed by atoms with E-state index in [0.717, 1.165) is 20.8 Å². The van der Waals surface area contributed by atoms with Gasteiger partial charge in [0.05, 0.1) is 5.69 Å². The number of thioether (sulfide) groups is 1. The second-order valence-corrected chi connectivity index (χ2v) is 6.65. The molecular weight excluding hydrogens is 354 g/mol. The van der Waals surface area contributed by atoms with Crippen molar-refractivity contribution >= 4 is 38.4 Å². The molecule has 0 heterocycles. The summed E-state index contributed by atoms with van der Waals surface area (Å²) in [6.07, 6.45) is 0. The molecule has 0 N–H and O–H groups in total. The summed E-state index contributed by atoms with van der Waals surface area (Å²) < 4.78 is 1.06. The van der Waals surface area contributed by atoms with Gasteiger partial charge < -0.3 is 0 Å². The van der Waals surface area contributed by atoms with E-state index in [2.05, 4.69) is 40.2 Å². The van der Waals surface area contributed by atoms with Crippen molar-refractivity contribution in [1.82, 2.24) is 0 Å². The predicted molar refractivity (Wildman–Crippen MR) is 99.1 cm³/mol. The lowest BCUT2D eigenvalue weighted by molar-refractivity contribution is 1.47. The molecule has 0 fully saturated rings. The Hall–Kier alpha value is -1.84. The summed E-state index contributed by atoms with van der Waals surface area (Å²) in [7, 11) is 0. The number of hydrogen-bond donors (Lipinski definition) is 0. The second kappa shape index (κ2) is 7.43. The summed E-state index contributed by atoms with van der Waals surface area (Å²) in [4.78, 5) is 6.01. The summed E-state index contributed by atoms with van der Waals surface area (Å²) in [6, 6.07) is 28.6. The van der Waals surface area contributed by atoms with Crippen LogP contribution < -0.4 is 0 Å². The Bertz CT molecular complexity index is 752. The molecule has 0 amide bonds. The first-order valence-corrected chi connectivity index (χ1v) is 8.55. The van der Waals surface area contributed by atoms with Crippen molar-refractivity contribution in [2.24, 2.45) is 4.99 Å². The van der Waals surface area contributed by atoms with Gasteiger partial charge >= 0.3 is 0 Å². The van der Waals surface area contributed by atoms with E-state index in [1.165, 1.54) is 4.90 Å². The van der Waals surface area contributed by atoms with Gasteiger partial charge in [0.15, 0.2) is 0 Å². The minimum atomic E-state index is 0.950. The van der Waals surface area contributed by atoms with Crippen molar-refractivity contribution in [3.05, 3.63) is 95.0 Å². The van der Waals surface area contributed by atoms with Gasteiger partial charge in [-0.05, 0) is 36.4 Å². The van der Waals surface area contributed by atoms with Gasteiger partial charge in [0, 0.05) is 14.9 Å². The van der Waals surface area contributed by atoms with Crippen LogP contribution in [0.1, 0.15) is 5.56 Å². The van der Waals surface area contributed by atoms with Crippen LogP contribution >= 0.6 is 27.7 Å². The maximum absolute atomic E-state index is 4.82. The Labute approximate surface area is 143 Å². The van der Waals surface area contributed by atoms with Gasteiger partial charge in [-0.25, -0.2) is 4.99 Å². The molecule has 0 saturated carbocycles. The minimum absolute atomic E-state index is 0.950. The Kier molecular flexibility index (Phi) is 5.09. The van der Waals surface area contributed by atoms with Crippen LogP contribution in [0.3, 0.4) is 0 Å². The number of hydrogen-bond acceptors (Lipinski definition) is 2. The molecule has 22 heavy (non-hydrogen) atoms. The van der Waals surface area contributed by atoms with Gasteiger partial charge in [0.1, 0.15) is 5.04 Å². The number of rotatable bonds is 3. The standard InChI is InChI=1S/C19H14BrNS/c20-16-11-13-17(14-12-16)21-19(15-7-3-1-4-8-15)22-18-9-5-2-6-10-18/h1-14H. The SMILES string of the molecule is Brc1ccc(N=C(Sc2ccccc2)c2ccccc2)cc1. The zero-order valence-electron chi connectivity index (χ0n) is 11.8. The number of aliphatic imine (C=N–C) groups is 1. The molecule has 108 valence electrons. The van der Waals surface area contributed by atoms with Gasteiger partial charge in [0.2, 0.25) is 0 Å². The highest BCUT2D eigenvalue weighted by Gasteiger charge is 2.06. The third-order valence-corrected chi connectivity index (χ3v) is 4.59.